The summed E-state index contributed by atoms with van der Waals surface area (Å²) in [6, 6.07) is 28.6. The van der Waals surface area contributed by atoms with E-state index in [0.717, 1.165) is 51.3 Å². The van der Waals surface area contributed by atoms with Crippen LogP contribution >= 0.6 is 27.3 Å². The summed E-state index contributed by atoms with van der Waals surface area (Å²) in [7, 11) is 1.90. The van der Waals surface area contributed by atoms with Gasteiger partial charge in [0, 0.05) is 23.4 Å². The average molecular weight is 560 g/mol. The first-order valence-corrected chi connectivity index (χ1v) is 13.6. The van der Waals surface area contributed by atoms with E-state index in [0.29, 0.717) is 5.69 Å². The highest BCUT2D eigenvalue weighted by molar-refractivity contribution is 9.10. The normalized spacial score (nSPS) is 11.8. The minimum atomic E-state index is -0.115. The van der Waals surface area contributed by atoms with Crippen molar-refractivity contribution in [1.82, 2.24) is 13.9 Å². The Labute approximate surface area is 222 Å². The molecule has 5 nitrogen and oxygen atoms in total. The quantitative estimate of drug-likeness (QED) is 0.221. The van der Waals surface area contributed by atoms with Gasteiger partial charge in [0.05, 0.1) is 17.1 Å². The highest BCUT2D eigenvalue weighted by atomic mass is 79.9. The Morgan fingerprint density at radius 3 is 2.28 bits per heavy atom. The van der Waals surface area contributed by atoms with Gasteiger partial charge < -0.3 is 4.57 Å². The summed E-state index contributed by atoms with van der Waals surface area (Å²) in [5.41, 5.74) is 5.57. The van der Waals surface area contributed by atoms with Crippen molar-refractivity contribution in [2.45, 2.75) is 26.3 Å². The number of para-hydroxylation sites is 1. The smallest absolute Gasteiger partial charge is 0.297 e. The Morgan fingerprint density at radius 2 is 1.58 bits per heavy atom. The summed E-state index contributed by atoms with van der Waals surface area (Å²) in [6.45, 7) is 2.75. The van der Waals surface area contributed by atoms with Crippen molar-refractivity contribution in [3.63, 3.8) is 0 Å². The predicted molar refractivity (Wildman–Crippen MR) is 151 cm³/mol. The first kappa shape index (κ1) is 24.3. The summed E-state index contributed by atoms with van der Waals surface area (Å²) in [5, 5.41) is 2.14. The second-order valence-electron chi connectivity index (χ2n) is 8.67. The zero-order valence-corrected chi connectivity index (χ0v) is 22.7. The molecule has 7 heteroatoms. The molecule has 0 unspecified atom stereocenters. The van der Waals surface area contributed by atoms with Gasteiger partial charge in [0.2, 0.25) is 0 Å². The van der Waals surface area contributed by atoms with Crippen molar-refractivity contribution < 1.29 is 0 Å². The molecule has 0 spiro atoms. The van der Waals surface area contributed by atoms with E-state index in [1.165, 1.54) is 5.56 Å². The maximum absolute atomic E-state index is 13.5. The Kier molecular flexibility index (Phi) is 7.20. The third kappa shape index (κ3) is 4.94. The van der Waals surface area contributed by atoms with Crippen LogP contribution in [-0.2, 0) is 20.0 Å². The van der Waals surface area contributed by atoms with Gasteiger partial charge in [-0.15, -0.1) is 11.3 Å². The fourth-order valence-electron chi connectivity index (χ4n) is 4.35. The molecule has 0 aliphatic rings. The van der Waals surface area contributed by atoms with Crippen molar-refractivity contribution in [3.8, 4) is 16.9 Å². The van der Waals surface area contributed by atoms with Crippen LogP contribution in [0.5, 0.6) is 0 Å². The van der Waals surface area contributed by atoms with Gasteiger partial charge in [0.25, 0.3) is 5.56 Å². The Hall–Kier alpha value is -3.42. The molecule has 0 aliphatic carbocycles. The van der Waals surface area contributed by atoms with E-state index < -0.39 is 0 Å². The molecule has 2 heterocycles. The Bertz CT molecular complexity index is 1590. The van der Waals surface area contributed by atoms with Crippen LogP contribution in [0.4, 0.5) is 5.69 Å². The van der Waals surface area contributed by atoms with E-state index in [4.69, 9.17) is 4.99 Å². The lowest BCUT2D eigenvalue weighted by Crippen LogP contribution is -2.20. The molecule has 0 fully saturated rings. The second kappa shape index (κ2) is 10.7. The van der Waals surface area contributed by atoms with E-state index in [1.807, 2.05) is 55.1 Å². The third-order valence-corrected chi connectivity index (χ3v) is 7.75. The zero-order chi connectivity index (χ0) is 25.1. The first-order valence-electron chi connectivity index (χ1n) is 11.9. The van der Waals surface area contributed by atoms with E-state index in [2.05, 4.69) is 74.4 Å². The van der Waals surface area contributed by atoms with Gasteiger partial charge in [-0.25, -0.2) is 9.67 Å². The fourth-order valence-corrected chi connectivity index (χ4v) is 5.56. The molecule has 0 bridgehead atoms. The summed E-state index contributed by atoms with van der Waals surface area (Å²) >= 11 is 5.11. The van der Waals surface area contributed by atoms with Crippen LogP contribution in [0.2, 0.25) is 0 Å². The van der Waals surface area contributed by atoms with Crippen molar-refractivity contribution in [2.75, 3.05) is 0 Å². The molecule has 0 radical (unpaired) electrons. The molecule has 0 aliphatic heterocycles. The van der Waals surface area contributed by atoms with Gasteiger partial charge in [-0.05, 0) is 55.2 Å². The lowest BCUT2D eigenvalue weighted by atomic mass is 10.1. The molecule has 2 aromatic heterocycles. The number of nitrogens with zero attached hydrogens (tertiary/aromatic N) is 4. The molecular weight excluding hydrogens is 532 g/mol. The lowest BCUT2D eigenvalue weighted by molar-refractivity contribution is 0.630. The van der Waals surface area contributed by atoms with Crippen LogP contribution in [0.25, 0.3) is 16.9 Å². The number of rotatable bonds is 7. The highest BCUT2D eigenvalue weighted by Crippen LogP contribution is 2.24. The van der Waals surface area contributed by atoms with Gasteiger partial charge in [-0.2, -0.15) is 0 Å². The minimum Gasteiger partial charge on any atom is -0.316 e. The monoisotopic (exact) mass is 558 g/mol. The molecule has 5 rings (SSSR count). The number of benzene rings is 3. The molecule has 0 N–H and O–H groups in total. The number of hydrogen-bond donors (Lipinski definition) is 0. The zero-order valence-electron chi connectivity index (χ0n) is 20.3. The molecule has 0 saturated heterocycles. The lowest BCUT2D eigenvalue weighted by Gasteiger charge is -2.10. The highest BCUT2D eigenvalue weighted by Gasteiger charge is 2.17. The standard InChI is InChI=1S/C29H27BrN4OS/c1-21-27(28(35)34(32(21)2)25-13-7-4-8-14-25)31-29-33(19-9-12-22-10-5-3-6-11-22)26(20-36-29)23-15-17-24(30)18-16-23/h3-8,10-11,13-18,20H,9,12,19H2,1-2H3. The molecule has 5 aromatic rings. The number of thiazole rings is 1. The van der Waals surface area contributed by atoms with Gasteiger partial charge in [0.1, 0.15) is 0 Å². The Balaban J connectivity index is 1.58. The van der Waals surface area contributed by atoms with Crippen LogP contribution in [0.1, 0.15) is 17.7 Å². The van der Waals surface area contributed by atoms with Crippen LogP contribution in [0, 0.1) is 6.92 Å². The van der Waals surface area contributed by atoms with E-state index in [9.17, 15) is 4.79 Å². The number of halogens is 1. The number of aryl methyl sites for hydroxylation is 1. The van der Waals surface area contributed by atoms with Crippen LogP contribution in [-0.4, -0.2) is 13.9 Å². The molecule has 0 atom stereocenters. The number of aromatic nitrogens is 3. The van der Waals surface area contributed by atoms with Gasteiger partial charge in [0.15, 0.2) is 10.5 Å². The van der Waals surface area contributed by atoms with Gasteiger partial charge >= 0.3 is 0 Å². The van der Waals surface area contributed by atoms with Crippen molar-refractivity contribution in [3.05, 3.63) is 121 Å². The summed E-state index contributed by atoms with van der Waals surface area (Å²) in [4.78, 5) is 19.3. The predicted octanol–water partition coefficient (Wildman–Crippen LogP) is 6.64. The molecule has 3 aromatic carbocycles. The molecular formula is C29H27BrN4OS. The number of hydrogen-bond acceptors (Lipinski definition) is 3. The maximum Gasteiger partial charge on any atom is 0.297 e. The minimum absolute atomic E-state index is 0.115. The largest absolute Gasteiger partial charge is 0.316 e. The third-order valence-electron chi connectivity index (χ3n) is 6.36. The van der Waals surface area contributed by atoms with E-state index in [-0.39, 0.29) is 5.56 Å². The molecule has 0 saturated carbocycles. The summed E-state index contributed by atoms with van der Waals surface area (Å²) in [5.74, 6) is 0. The first-order chi connectivity index (χ1) is 17.5. The Morgan fingerprint density at radius 1 is 0.917 bits per heavy atom. The molecule has 36 heavy (non-hydrogen) atoms. The van der Waals surface area contributed by atoms with Gasteiger partial charge in [-0.3, -0.25) is 9.48 Å². The maximum atomic E-state index is 13.5. The topological polar surface area (TPSA) is 44.2 Å². The fraction of sp³-hybridized carbons (Fsp3) is 0.172. The van der Waals surface area contributed by atoms with Crippen molar-refractivity contribution in [2.24, 2.45) is 12.0 Å². The van der Waals surface area contributed by atoms with Crippen molar-refractivity contribution in [1.29, 1.82) is 0 Å². The average Bonchev–Trinajstić information content (AvgIpc) is 3.39. The van der Waals surface area contributed by atoms with Crippen LogP contribution in [0.3, 0.4) is 0 Å². The SMILES string of the molecule is Cc1c(N=c2scc(-c3ccc(Br)cc3)n2CCCc2ccccc2)c(=O)n(-c2ccccc2)n1C. The van der Waals surface area contributed by atoms with Crippen LogP contribution in [0.15, 0.2) is 105 Å². The van der Waals surface area contributed by atoms with Crippen LogP contribution < -0.4 is 10.4 Å². The second-order valence-corrected chi connectivity index (χ2v) is 10.4. The molecule has 0 amide bonds. The van der Waals surface area contributed by atoms with Gasteiger partial charge in [-0.1, -0.05) is 76.6 Å². The van der Waals surface area contributed by atoms with E-state index in [1.54, 1.807) is 16.0 Å². The van der Waals surface area contributed by atoms with Crippen molar-refractivity contribution >= 4 is 33.0 Å². The van der Waals surface area contributed by atoms with E-state index >= 15 is 0 Å². The summed E-state index contributed by atoms with van der Waals surface area (Å²) in [6.07, 6.45) is 1.95. The molecule has 182 valence electrons. The summed E-state index contributed by atoms with van der Waals surface area (Å²) < 4.78 is 6.84.